The molecule has 0 amide bonds. The van der Waals surface area contributed by atoms with E-state index in [9.17, 15) is 0 Å². The van der Waals surface area contributed by atoms with Crippen LogP contribution in [0.1, 0.15) is 11.3 Å². The topological polar surface area (TPSA) is 71.1 Å². The number of hydrogen-bond acceptors (Lipinski definition) is 5. The summed E-state index contributed by atoms with van der Waals surface area (Å²) in [5, 5.41) is 18.6. The molecule has 104 valence electrons. The molecule has 0 fully saturated rings. The maximum absolute atomic E-state index is 9.08. The van der Waals surface area contributed by atoms with Gasteiger partial charge in [0.1, 0.15) is 5.75 Å². The molecule has 0 saturated carbocycles. The molecule has 0 bridgehead atoms. The van der Waals surface area contributed by atoms with Gasteiger partial charge in [-0.05, 0) is 24.3 Å². The number of nitriles is 1. The second kappa shape index (κ2) is 6.98. The largest absolute Gasteiger partial charge is 0.493 e. The van der Waals surface area contributed by atoms with Gasteiger partial charge in [0.05, 0.1) is 36.7 Å². The number of imidazole rings is 1. The van der Waals surface area contributed by atoms with Crippen molar-refractivity contribution in [3.63, 3.8) is 0 Å². The standard InChI is InChI=1S/C14H15N3O2S/c1-17-12(10-18)9-16-14(17)20-7-6-19-13-4-2-11(8-15)3-5-13/h2-5,9,18H,6-7,10H2,1H3. The molecule has 0 aliphatic rings. The number of nitrogens with zero attached hydrogens (tertiary/aromatic N) is 3. The smallest absolute Gasteiger partial charge is 0.168 e. The van der Waals surface area contributed by atoms with Gasteiger partial charge in [-0.3, -0.25) is 0 Å². The Kier molecular flexibility index (Phi) is 5.04. The summed E-state index contributed by atoms with van der Waals surface area (Å²) in [5.41, 5.74) is 1.41. The summed E-state index contributed by atoms with van der Waals surface area (Å²) in [5.74, 6) is 1.51. The van der Waals surface area contributed by atoms with Crippen LogP contribution in [0.2, 0.25) is 0 Å². The zero-order valence-electron chi connectivity index (χ0n) is 11.1. The molecule has 0 atom stereocenters. The molecule has 2 aromatic rings. The minimum Gasteiger partial charge on any atom is -0.493 e. The van der Waals surface area contributed by atoms with Gasteiger partial charge in [0, 0.05) is 12.8 Å². The summed E-state index contributed by atoms with van der Waals surface area (Å²) in [6, 6.07) is 9.10. The zero-order chi connectivity index (χ0) is 14.4. The molecular weight excluding hydrogens is 274 g/mol. The van der Waals surface area contributed by atoms with Crippen molar-refractivity contribution in [3.8, 4) is 11.8 Å². The number of ether oxygens (including phenoxy) is 1. The highest BCUT2D eigenvalue weighted by Gasteiger charge is 2.05. The monoisotopic (exact) mass is 289 g/mol. The van der Waals surface area contributed by atoms with Crippen LogP contribution in [-0.4, -0.2) is 27.0 Å². The van der Waals surface area contributed by atoms with Gasteiger partial charge in [-0.15, -0.1) is 0 Å². The second-order valence-corrected chi connectivity index (χ2v) is 5.14. The van der Waals surface area contributed by atoms with Crippen LogP contribution in [0.3, 0.4) is 0 Å². The average Bonchev–Trinajstić information content (AvgIpc) is 2.84. The van der Waals surface area contributed by atoms with E-state index in [1.807, 2.05) is 11.6 Å². The molecule has 1 heterocycles. The lowest BCUT2D eigenvalue weighted by Crippen LogP contribution is -2.02. The molecular formula is C14H15N3O2S. The predicted octanol–water partition coefficient (Wildman–Crippen LogP) is 1.96. The third kappa shape index (κ3) is 3.53. The normalized spacial score (nSPS) is 10.2. The van der Waals surface area contributed by atoms with Crippen molar-refractivity contribution < 1.29 is 9.84 Å². The van der Waals surface area contributed by atoms with Crippen molar-refractivity contribution in [2.24, 2.45) is 7.05 Å². The van der Waals surface area contributed by atoms with E-state index < -0.39 is 0 Å². The zero-order valence-corrected chi connectivity index (χ0v) is 11.9. The second-order valence-electron chi connectivity index (χ2n) is 4.08. The van der Waals surface area contributed by atoms with E-state index in [2.05, 4.69) is 11.1 Å². The van der Waals surface area contributed by atoms with Crippen molar-refractivity contribution >= 4 is 11.8 Å². The Morgan fingerprint density at radius 2 is 2.15 bits per heavy atom. The number of aromatic nitrogens is 2. The molecule has 0 spiro atoms. The lowest BCUT2D eigenvalue weighted by Gasteiger charge is -2.06. The van der Waals surface area contributed by atoms with Crippen molar-refractivity contribution in [3.05, 3.63) is 41.7 Å². The fourth-order valence-electron chi connectivity index (χ4n) is 1.62. The molecule has 1 aromatic carbocycles. The quantitative estimate of drug-likeness (QED) is 0.650. The van der Waals surface area contributed by atoms with Crippen LogP contribution < -0.4 is 4.74 Å². The van der Waals surface area contributed by atoms with Crippen LogP contribution in [0.15, 0.2) is 35.6 Å². The van der Waals surface area contributed by atoms with Crippen LogP contribution in [0, 0.1) is 11.3 Å². The van der Waals surface area contributed by atoms with Crippen LogP contribution in [-0.2, 0) is 13.7 Å². The van der Waals surface area contributed by atoms with E-state index in [-0.39, 0.29) is 6.61 Å². The average molecular weight is 289 g/mol. The first-order valence-electron chi connectivity index (χ1n) is 6.12. The van der Waals surface area contributed by atoms with Gasteiger partial charge < -0.3 is 14.4 Å². The highest BCUT2D eigenvalue weighted by Crippen LogP contribution is 2.18. The van der Waals surface area contributed by atoms with E-state index in [0.29, 0.717) is 12.2 Å². The van der Waals surface area contributed by atoms with Crippen molar-refractivity contribution in [2.75, 3.05) is 12.4 Å². The third-order valence-electron chi connectivity index (χ3n) is 2.77. The van der Waals surface area contributed by atoms with E-state index in [4.69, 9.17) is 15.1 Å². The molecule has 1 N–H and O–H groups in total. The van der Waals surface area contributed by atoms with Crippen molar-refractivity contribution in [1.82, 2.24) is 9.55 Å². The van der Waals surface area contributed by atoms with Crippen molar-refractivity contribution in [1.29, 1.82) is 5.26 Å². The summed E-state index contributed by atoms with van der Waals surface area (Å²) in [6.07, 6.45) is 1.67. The number of thioether (sulfide) groups is 1. The number of benzene rings is 1. The van der Waals surface area contributed by atoms with Crippen LogP contribution >= 0.6 is 11.8 Å². The van der Waals surface area contributed by atoms with Gasteiger partial charge in [-0.25, -0.2) is 4.98 Å². The molecule has 0 unspecified atom stereocenters. The molecule has 0 aliphatic carbocycles. The molecule has 0 radical (unpaired) electrons. The maximum Gasteiger partial charge on any atom is 0.168 e. The first-order valence-corrected chi connectivity index (χ1v) is 7.10. The maximum atomic E-state index is 9.08. The summed E-state index contributed by atoms with van der Waals surface area (Å²) < 4.78 is 7.45. The Bertz CT molecular complexity index is 602. The summed E-state index contributed by atoms with van der Waals surface area (Å²) in [4.78, 5) is 4.23. The lowest BCUT2D eigenvalue weighted by molar-refractivity contribution is 0.271. The minimum atomic E-state index is -0.00813. The number of aliphatic hydroxyl groups is 1. The SMILES string of the molecule is Cn1c(CO)cnc1SCCOc1ccc(C#N)cc1. The Morgan fingerprint density at radius 1 is 1.40 bits per heavy atom. The van der Waals surface area contributed by atoms with Crippen LogP contribution in [0.4, 0.5) is 0 Å². The molecule has 6 heteroatoms. The highest BCUT2D eigenvalue weighted by molar-refractivity contribution is 7.99. The van der Waals surface area contributed by atoms with E-state index in [1.54, 1.807) is 42.2 Å². The van der Waals surface area contributed by atoms with Gasteiger partial charge >= 0.3 is 0 Å². The van der Waals surface area contributed by atoms with Gasteiger partial charge in [0.25, 0.3) is 0 Å². The lowest BCUT2D eigenvalue weighted by atomic mass is 10.2. The van der Waals surface area contributed by atoms with E-state index in [0.717, 1.165) is 22.4 Å². The summed E-state index contributed by atoms with van der Waals surface area (Å²) in [7, 11) is 1.88. The van der Waals surface area contributed by atoms with E-state index in [1.165, 1.54) is 0 Å². The molecule has 2 rings (SSSR count). The summed E-state index contributed by atoms with van der Waals surface area (Å²) in [6.45, 7) is 0.545. The first kappa shape index (κ1) is 14.4. The summed E-state index contributed by atoms with van der Waals surface area (Å²) >= 11 is 1.57. The van der Waals surface area contributed by atoms with Crippen LogP contribution in [0.25, 0.3) is 0 Å². The Balaban J connectivity index is 1.78. The fraction of sp³-hybridized carbons (Fsp3) is 0.286. The fourth-order valence-corrected chi connectivity index (χ4v) is 2.41. The van der Waals surface area contributed by atoms with Gasteiger partial charge in [-0.2, -0.15) is 5.26 Å². The molecule has 5 nitrogen and oxygen atoms in total. The number of hydrogen-bond donors (Lipinski definition) is 1. The molecule has 1 aromatic heterocycles. The Hall–Kier alpha value is -1.97. The van der Waals surface area contributed by atoms with Crippen molar-refractivity contribution in [2.45, 2.75) is 11.8 Å². The van der Waals surface area contributed by atoms with E-state index >= 15 is 0 Å². The number of aliphatic hydroxyl groups excluding tert-OH is 1. The van der Waals surface area contributed by atoms with Gasteiger partial charge in [-0.1, -0.05) is 11.8 Å². The number of rotatable bonds is 6. The predicted molar refractivity (Wildman–Crippen MR) is 76.5 cm³/mol. The van der Waals surface area contributed by atoms with Gasteiger partial charge in [0.2, 0.25) is 0 Å². The van der Waals surface area contributed by atoms with Crippen LogP contribution in [0.5, 0.6) is 5.75 Å². The van der Waals surface area contributed by atoms with Gasteiger partial charge in [0.15, 0.2) is 5.16 Å². The Labute approximate surface area is 121 Å². The first-order chi connectivity index (χ1) is 9.74. The Morgan fingerprint density at radius 3 is 2.75 bits per heavy atom. The molecule has 0 aliphatic heterocycles. The minimum absolute atomic E-state index is 0.00813. The molecule has 20 heavy (non-hydrogen) atoms. The third-order valence-corrected chi connectivity index (χ3v) is 3.78. The highest BCUT2D eigenvalue weighted by atomic mass is 32.2. The molecule has 0 saturated heterocycles.